The standard InChI is InChI=1S/C15H17N5O/c1-11-18-14(17-7-8-21-2)9-15(19-11)20-13-5-3-12(10-16)4-6-13/h3-6,9H,7-8H2,1-2H3,(H2,17,18,19,20). The number of rotatable bonds is 6. The molecular weight excluding hydrogens is 266 g/mol. The van der Waals surface area contributed by atoms with E-state index in [1.165, 1.54) is 0 Å². The van der Waals surface area contributed by atoms with E-state index in [0.29, 0.717) is 30.4 Å². The first kappa shape index (κ1) is 14.8. The van der Waals surface area contributed by atoms with Crippen LogP contribution in [0.15, 0.2) is 30.3 Å². The van der Waals surface area contributed by atoms with Crippen LogP contribution in [0.3, 0.4) is 0 Å². The number of aryl methyl sites for hydroxylation is 1. The molecule has 6 nitrogen and oxygen atoms in total. The highest BCUT2D eigenvalue weighted by Gasteiger charge is 2.02. The fourth-order valence-corrected chi connectivity index (χ4v) is 1.78. The van der Waals surface area contributed by atoms with E-state index in [9.17, 15) is 0 Å². The Bertz CT molecular complexity index is 634. The van der Waals surface area contributed by atoms with Crippen LogP contribution in [0.4, 0.5) is 17.3 Å². The molecule has 2 aromatic rings. The molecule has 21 heavy (non-hydrogen) atoms. The molecule has 0 aliphatic carbocycles. The number of nitriles is 1. The quantitative estimate of drug-likeness (QED) is 0.792. The minimum Gasteiger partial charge on any atom is -0.383 e. The second-order valence-corrected chi connectivity index (χ2v) is 4.42. The molecule has 2 N–H and O–H groups in total. The van der Waals surface area contributed by atoms with Crippen LogP contribution in [0.25, 0.3) is 0 Å². The molecule has 0 aliphatic heterocycles. The summed E-state index contributed by atoms with van der Waals surface area (Å²) in [7, 11) is 1.66. The lowest BCUT2D eigenvalue weighted by Gasteiger charge is -2.10. The number of methoxy groups -OCH3 is 1. The monoisotopic (exact) mass is 283 g/mol. The van der Waals surface area contributed by atoms with Gasteiger partial charge in [-0.2, -0.15) is 5.26 Å². The molecule has 108 valence electrons. The van der Waals surface area contributed by atoms with Crippen LogP contribution in [0.5, 0.6) is 0 Å². The van der Waals surface area contributed by atoms with Crippen molar-refractivity contribution in [1.82, 2.24) is 9.97 Å². The van der Waals surface area contributed by atoms with Gasteiger partial charge in [-0.05, 0) is 31.2 Å². The first-order chi connectivity index (χ1) is 10.2. The molecule has 2 rings (SSSR count). The normalized spacial score (nSPS) is 9.95. The predicted molar refractivity (Wildman–Crippen MR) is 81.6 cm³/mol. The predicted octanol–water partition coefficient (Wildman–Crippen LogP) is 2.46. The third kappa shape index (κ3) is 4.44. The topological polar surface area (TPSA) is 82.9 Å². The van der Waals surface area contributed by atoms with Crippen molar-refractivity contribution >= 4 is 17.3 Å². The molecule has 6 heteroatoms. The lowest BCUT2D eigenvalue weighted by molar-refractivity contribution is 0.210. The molecule has 1 aromatic carbocycles. The van der Waals surface area contributed by atoms with E-state index < -0.39 is 0 Å². The zero-order valence-corrected chi connectivity index (χ0v) is 12.1. The highest BCUT2D eigenvalue weighted by molar-refractivity contribution is 5.60. The molecule has 0 saturated heterocycles. The Morgan fingerprint density at radius 1 is 1.19 bits per heavy atom. The second kappa shape index (κ2) is 7.22. The van der Waals surface area contributed by atoms with Crippen LogP contribution in [0.2, 0.25) is 0 Å². The molecular formula is C15H17N5O. The molecule has 0 spiro atoms. The number of nitrogens with zero attached hydrogens (tertiary/aromatic N) is 3. The maximum Gasteiger partial charge on any atom is 0.136 e. The Morgan fingerprint density at radius 2 is 1.90 bits per heavy atom. The molecule has 0 radical (unpaired) electrons. The average molecular weight is 283 g/mol. The zero-order valence-electron chi connectivity index (χ0n) is 12.1. The van der Waals surface area contributed by atoms with E-state index in [-0.39, 0.29) is 0 Å². The van der Waals surface area contributed by atoms with Crippen molar-refractivity contribution in [3.8, 4) is 6.07 Å². The summed E-state index contributed by atoms with van der Waals surface area (Å²) in [5.74, 6) is 2.12. The zero-order chi connectivity index (χ0) is 15.1. The number of aromatic nitrogens is 2. The fourth-order valence-electron chi connectivity index (χ4n) is 1.78. The maximum atomic E-state index is 8.78. The van der Waals surface area contributed by atoms with Crippen LogP contribution in [-0.4, -0.2) is 30.2 Å². The summed E-state index contributed by atoms with van der Waals surface area (Å²) in [4.78, 5) is 8.66. The van der Waals surface area contributed by atoms with Gasteiger partial charge in [-0.3, -0.25) is 0 Å². The van der Waals surface area contributed by atoms with Gasteiger partial charge in [-0.1, -0.05) is 0 Å². The van der Waals surface area contributed by atoms with Crippen molar-refractivity contribution < 1.29 is 4.74 Å². The van der Waals surface area contributed by atoms with Crippen LogP contribution in [-0.2, 0) is 4.74 Å². The van der Waals surface area contributed by atoms with Crippen LogP contribution in [0.1, 0.15) is 11.4 Å². The number of hydrogen-bond acceptors (Lipinski definition) is 6. The smallest absolute Gasteiger partial charge is 0.136 e. The van der Waals surface area contributed by atoms with Gasteiger partial charge < -0.3 is 15.4 Å². The maximum absolute atomic E-state index is 8.78. The van der Waals surface area contributed by atoms with Crippen LogP contribution < -0.4 is 10.6 Å². The molecule has 0 saturated carbocycles. The molecule has 0 aliphatic rings. The lowest BCUT2D eigenvalue weighted by atomic mass is 10.2. The molecule has 0 atom stereocenters. The van der Waals surface area contributed by atoms with E-state index in [1.54, 1.807) is 19.2 Å². The van der Waals surface area contributed by atoms with E-state index >= 15 is 0 Å². The molecule has 1 aromatic heterocycles. The number of nitrogens with one attached hydrogen (secondary N) is 2. The van der Waals surface area contributed by atoms with Gasteiger partial charge in [0.05, 0.1) is 18.2 Å². The number of anilines is 3. The van der Waals surface area contributed by atoms with Gasteiger partial charge in [0.2, 0.25) is 0 Å². The summed E-state index contributed by atoms with van der Waals surface area (Å²) in [6.45, 7) is 3.14. The molecule has 0 fully saturated rings. The highest BCUT2D eigenvalue weighted by Crippen LogP contribution is 2.17. The van der Waals surface area contributed by atoms with Gasteiger partial charge in [0.15, 0.2) is 0 Å². The summed E-state index contributed by atoms with van der Waals surface area (Å²) < 4.78 is 4.99. The van der Waals surface area contributed by atoms with Gasteiger partial charge in [0, 0.05) is 25.4 Å². The third-order valence-corrected chi connectivity index (χ3v) is 2.74. The summed E-state index contributed by atoms with van der Waals surface area (Å²) in [6, 6.07) is 11.1. The van der Waals surface area contributed by atoms with Crippen molar-refractivity contribution in [3.63, 3.8) is 0 Å². The van der Waals surface area contributed by atoms with Gasteiger partial charge in [0.25, 0.3) is 0 Å². The minimum absolute atomic E-state index is 0.613. The molecule has 0 amide bonds. The number of benzene rings is 1. The van der Waals surface area contributed by atoms with Crippen LogP contribution in [0, 0.1) is 18.3 Å². The van der Waals surface area contributed by atoms with E-state index in [0.717, 1.165) is 11.5 Å². The molecule has 0 bridgehead atoms. The molecule has 0 unspecified atom stereocenters. The van der Waals surface area contributed by atoms with Crippen molar-refractivity contribution in [2.45, 2.75) is 6.92 Å². The van der Waals surface area contributed by atoms with Gasteiger partial charge >= 0.3 is 0 Å². The Labute approximate surface area is 123 Å². The third-order valence-electron chi connectivity index (χ3n) is 2.74. The van der Waals surface area contributed by atoms with Crippen molar-refractivity contribution in [2.24, 2.45) is 0 Å². The SMILES string of the molecule is COCCNc1cc(Nc2ccc(C#N)cc2)nc(C)n1. The summed E-state index contributed by atoms with van der Waals surface area (Å²) in [6.07, 6.45) is 0. The number of hydrogen-bond donors (Lipinski definition) is 2. The summed E-state index contributed by atoms with van der Waals surface area (Å²) in [5.41, 5.74) is 1.50. The van der Waals surface area contributed by atoms with Crippen LogP contribution >= 0.6 is 0 Å². The first-order valence-corrected chi connectivity index (χ1v) is 6.57. The van der Waals surface area contributed by atoms with E-state index in [2.05, 4.69) is 26.7 Å². The van der Waals surface area contributed by atoms with Gasteiger partial charge in [-0.25, -0.2) is 9.97 Å². The summed E-state index contributed by atoms with van der Waals surface area (Å²) >= 11 is 0. The Hall–Kier alpha value is -2.65. The van der Waals surface area contributed by atoms with Gasteiger partial charge in [-0.15, -0.1) is 0 Å². The largest absolute Gasteiger partial charge is 0.383 e. The molecule has 1 heterocycles. The Balaban J connectivity index is 2.09. The average Bonchev–Trinajstić information content (AvgIpc) is 2.48. The Morgan fingerprint density at radius 3 is 2.57 bits per heavy atom. The highest BCUT2D eigenvalue weighted by atomic mass is 16.5. The van der Waals surface area contributed by atoms with Crippen molar-refractivity contribution in [1.29, 1.82) is 5.26 Å². The van der Waals surface area contributed by atoms with Crippen molar-refractivity contribution in [3.05, 3.63) is 41.7 Å². The van der Waals surface area contributed by atoms with Crippen molar-refractivity contribution in [2.75, 3.05) is 30.9 Å². The lowest BCUT2D eigenvalue weighted by Crippen LogP contribution is -2.10. The van der Waals surface area contributed by atoms with E-state index in [1.807, 2.05) is 25.1 Å². The summed E-state index contributed by atoms with van der Waals surface area (Å²) in [5, 5.41) is 15.2. The first-order valence-electron chi connectivity index (χ1n) is 6.57. The Kier molecular flexibility index (Phi) is 5.07. The minimum atomic E-state index is 0.613. The van der Waals surface area contributed by atoms with Gasteiger partial charge in [0.1, 0.15) is 17.5 Å². The second-order valence-electron chi connectivity index (χ2n) is 4.42. The fraction of sp³-hybridized carbons (Fsp3) is 0.267. The van der Waals surface area contributed by atoms with E-state index in [4.69, 9.17) is 10.00 Å². The number of ether oxygens (including phenoxy) is 1.